The first-order valence-corrected chi connectivity index (χ1v) is 5.61. The quantitative estimate of drug-likeness (QED) is 0.859. The molecule has 5 nitrogen and oxygen atoms in total. The lowest BCUT2D eigenvalue weighted by Crippen LogP contribution is -2.00. The third kappa shape index (κ3) is 1.72. The maximum Gasteiger partial charge on any atom is 0.168 e. The Morgan fingerprint density at radius 1 is 1.53 bits per heavy atom. The van der Waals surface area contributed by atoms with Gasteiger partial charge in [0.1, 0.15) is 11.3 Å². The molecule has 0 aromatic carbocycles. The van der Waals surface area contributed by atoms with Gasteiger partial charge in [-0.15, -0.1) is 10.2 Å². The Balaban J connectivity index is 2.49. The van der Waals surface area contributed by atoms with Gasteiger partial charge in [-0.25, -0.2) is 0 Å². The van der Waals surface area contributed by atoms with Crippen LogP contribution in [0.2, 0.25) is 0 Å². The second-order valence-corrected chi connectivity index (χ2v) is 4.16. The summed E-state index contributed by atoms with van der Waals surface area (Å²) in [5.74, 6) is 0.820. The minimum absolute atomic E-state index is 0.706. The molecule has 2 N–H and O–H groups in total. The lowest BCUT2D eigenvalue weighted by molar-refractivity contribution is 0.682. The van der Waals surface area contributed by atoms with Crippen LogP contribution in [0.15, 0.2) is 6.33 Å². The minimum atomic E-state index is 0.706. The summed E-state index contributed by atoms with van der Waals surface area (Å²) in [5.41, 5.74) is 7.71. The van der Waals surface area contributed by atoms with Crippen molar-refractivity contribution in [2.45, 2.75) is 26.8 Å². The Kier molecular flexibility index (Phi) is 2.68. The maximum absolute atomic E-state index is 5.87. The largest absolute Gasteiger partial charge is 0.389 e. The highest BCUT2D eigenvalue weighted by Crippen LogP contribution is 2.30. The van der Waals surface area contributed by atoms with Gasteiger partial charge in [0.15, 0.2) is 5.82 Å². The number of aromatic nitrogens is 4. The molecule has 0 aliphatic carbocycles. The highest BCUT2D eigenvalue weighted by molar-refractivity contribution is 7.10. The number of anilines is 1. The molecule has 2 heterocycles. The van der Waals surface area contributed by atoms with Crippen molar-refractivity contribution >= 4 is 16.5 Å². The van der Waals surface area contributed by atoms with E-state index in [1.54, 1.807) is 6.33 Å². The molecule has 2 rings (SSSR count). The highest BCUT2D eigenvalue weighted by atomic mass is 32.1. The summed E-state index contributed by atoms with van der Waals surface area (Å²) < 4.78 is 6.22. The predicted molar refractivity (Wildman–Crippen MR) is 60.6 cm³/mol. The number of nitrogen functional groups attached to an aromatic ring is 1. The molecule has 0 aliphatic heterocycles. The van der Waals surface area contributed by atoms with Crippen molar-refractivity contribution < 1.29 is 0 Å². The van der Waals surface area contributed by atoms with Crippen LogP contribution in [-0.4, -0.2) is 19.1 Å². The summed E-state index contributed by atoms with van der Waals surface area (Å²) in [7, 11) is 0. The molecule has 0 amide bonds. The summed E-state index contributed by atoms with van der Waals surface area (Å²) in [4.78, 5) is 0. The van der Waals surface area contributed by atoms with Gasteiger partial charge in [-0.1, -0.05) is 6.92 Å². The molecule has 6 heteroatoms. The van der Waals surface area contributed by atoms with Crippen LogP contribution in [0.3, 0.4) is 0 Å². The molecular weight excluding hydrogens is 210 g/mol. The number of aryl methyl sites for hydroxylation is 2. The Hall–Kier alpha value is -1.43. The first kappa shape index (κ1) is 10.1. The standard InChI is InChI=1S/C9H13N5S/c1-3-4-14-5-11-12-9(14)7-6(2)13-15-8(7)10/h5H,3-4,10H2,1-2H3. The van der Waals surface area contributed by atoms with Crippen LogP contribution in [0.4, 0.5) is 5.00 Å². The van der Waals surface area contributed by atoms with E-state index in [9.17, 15) is 0 Å². The molecule has 80 valence electrons. The average Bonchev–Trinajstić information content (AvgIpc) is 2.75. The Labute approximate surface area is 92.1 Å². The summed E-state index contributed by atoms with van der Waals surface area (Å²) in [5, 5.41) is 8.72. The van der Waals surface area contributed by atoms with Crippen LogP contribution in [0, 0.1) is 6.92 Å². The van der Waals surface area contributed by atoms with E-state index in [1.807, 2.05) is 11.5 Å². The molecule has 0 aliphatic rings. The van der Waals surface area contributed by atoms with Crippen LogP contribution in [-0.2, 0) is 6.54 Å². The molecule has 0 spiro atoms. The van der Waals surface area contributed by atoms with Crippen LogP contribution in [0.25, 0.3) is 11.4 Å². The molecule has 0 bridgehead atoms. The summed E-state index contributed by atoms with van der Waals surface area (Å²) >= 11 is 1.30. The summed E-state index contributed by atoms with van der Waals surface area (Å²) in [6.07, 6.45) is 2.77. The number of nitrogens with zero attached hydrogens (tertiary/aromatic N) is 4. The van der Waals surface area contributed by atoms with Gasteiger partial charge < -0.3 is 10.3 Å². The fourth-order valence-electron chi connectivity index (χ4n) is 1.51. The van der Waals surface area contributed by atoms with E-state index in [0.29, 0.717) is 5.00 Å². The van der Waals surface area contributed by atoms with E-state index < -0.39 is 0 Å². The van der Waals surface area contributed by atoms with Crippen molar-refractivity contribution in [3.05, 3.63) is 12.0 Å². The first-order chi connectivity index (χ1) is 7.24. The Bertz CT molecular complexity index is 439. The summed E-state index contributed by atoms with van der Waals surface area (Å²) in [6, 6.07) is 0. The smallest absolute Gasteiger partial charge is 0.168 e. The van der Waals surface area contributed by atoms with E-state index in [1.165, 1.54) is 11.5 Å². The van der Waals surface area contributed by atoms with Gasteiger partial charge in [0.25, 0.3) is 0 Å². The highest BCUT2D eigenvalue weighted by Gasteiger charge is 2.15. The van der Waals surface area contributed by atoms with Gasteiger partial charge in [0.2, 0.25) is 0 Å². The summed E-state index contributed by atoms with van der Waals surface area (Å²) in [6.45, 7) is 4.95. The Morgan fingerprint density at radius 3 is 2.93 bits per heavy atom. The molecule has 0 atom stereocenters. The average molecular weight is 223 g/mol. The van der Waals surface area contributed by atoms with Crippen LogP contribution in [0.5, 0.6) is 0 Å². The van der Waals surface area contributed by atoms with Crippen LogP contribution in [0.1, 0.15) is 19.0 Å². The molecule has 0 radical (unpaired) electrons. The fraction of sp³-hybridized carbons (Fsp3) is 0.444. The molecule has 0 fully saturated rings. The predicted octanol–water partition coefficient (Wildman–Crippen LogP) is 1.70. The molecule has 15 heavy (non-hydrogen) atoms. The third-order valence-corrected chi connectivity index (χ3v) is 2.96. The van der Waals surface area contributed by atoms with Crippen molar-refractivity contribution in [1.82, 2.24) is 19.1 Å². The third-order valence-electron chi connectivity index (χ3n) is 2.19. The van der Waals surface area contributed by atoms with Crippen LogP contribution >= 0.6 is 11.5 Å². The SMILES string of the molecule is CCCn1cnnc1-c1c(C)nsc1N. The lowest BCUT2D eigenvalue weighted by Gasteiger charge is -2.04. The normalized spacial score (nSPS) is 10.8. The van der Waals surface area contributed by atoms with Gasteiger partial charge >= 0.3 is 0 Å². The van der Waals surface area contributed by atoms with Crippen LogP contribution < -0.4 is 5.73 Å². The lowest BCUT2D eigenvalue weighted by atomic mass is 10.2. The van der Waals surface area contributed by atoms with Crippen molar-refractivity contribution in [3.8, 4) is 11.4 Å². The number of nitrogens with two attached hydrogens (primary N) is 1. The molecule has 2 aromatic heterocycles. The molecule has 0 unspecified atom stereocenters. The van der Waals surface area contributed by atoms with Gasteiger partial charge in [0, 0.05) is 6.54 Å². The van der Waals surface area contributed by atoms with E-state index in [4.69, 9.17) is 5.73 Å². The second kappa shape index (κ2) is 3.98. The zero-order valence-corrected chi connectivity index (χ0v) is 9.58. The molecule has 0 saturated heterocycles. The van der Waals surface area contributed by atoms with Gasteiger partial charge in [-0.3, -0.25) is 0 Å². The van der Waals surface area contributed by atoms with Crippen molar-refractivity contribution in [3.63, 3.8) is 0 Å². The molecule has 0 saturated carbocycles. The topological polar surface area (TPSA) is 69.6 Å². The van der Waals surface area contributed by atoms with E-state index >= 15 is 0 Å². The van der Waals surface area contributed by atoms with E-state index in [0.717, 1.165) is 30.0 Å². The van der Waals surface area contributed by atoms with Crippen molar-refractivity contribution in [2.24, 2.45) is 0 Å². The first-order valence-electron chi connectivity index (χ1n) is 4.84. The molecule has 2 aromatic rings. The second-order valence-electron chi connectivity index (χ2n) is 3.36. The number of hydrogen-bond acceptors (Lipinski definition) is 5. The maximum atomic E-state index is 5.87. The number of rotatable bonds is 3. The van der Waals surface area contributed by atoms with Gasteiger partial charge in [-0.05, 0) is 24.9 Å². The van der Waals surface area contributed by atoms with Gasteiger partial charge in [0.05, 0.1) is 11.3 Å². The Morgan fingerprint density at radius 2 is 2.33 bits per heavy atom. The van der Waals surface area contributed by atoms with Gasteiger partial charge in [-0.2, -0.15) is 4.37 Å². The minimum Gasteiger partial charge on any atom is -0.389 e. The van der Waals surface area contributed by atoms with E-state index in [-0.39, 0.29) is 0 Å². The van der Waals surface area contributed by atoms with Crippen molar-refractivity contribution in [2.75, 3.05) is 5.73 Å². The van der Waals surface area contributed by atoms with E-state index in [2.05, 4.69) is 21.5 Å². The number of hydrogen-bond donors (Lipinski definition) is 1. The molecular formula is C9H13N5S. The zero-order chi connectivity index (χ0) is 10.8. The monoisotopic (exact) mass is 223 g/mol. The zero-order valence-electron chi connectivity index (χ0n) is 8.77. The van der Waals surface area contributed by atoms with Crippen molar-refractivity contribution in [1.29, 1.82) is 0 Å². The fourth-order valence-corrected chi connectivity index (χ4v) is 2.17.